The zero-order valence-corrected chi connectivity index (χ0v) is 10.8. The molecule has 0 heterocycles. The van der Waals surface area contributed by atoms with Crippen LogP contribution < -0.4 is 15.4 Å². The molecule has 0 saturated heterocycles. The van der Waals surface area contributed by atoms with Gasteiger partial charge in [-0.25, -0.2) is 0 Å². The van der Waals surface area contributed by atoms with Crippen molar-refractivity contribution in [2.45, 2.75) is 19.3 Å². The Bertz CT molecular complexity index is 361. The Balaban J connectivity index is 1.96. The number of benzene rings is 1. The lowest BCUT2D eigenvalue weighted by Crippen LogP contribution is -2.44. The summed E-state index contributed by atoms with van der Waals surface area (Å²) < 4.78 is 5.34. The Morgan fingerprint density at radius 2 is 2.00 bits per heavy atom. The highest BCUT2D eigenvalue weighted by molar-refractivity contribution is 5.56. The molecule has 3 nitrogen and oxygen atoms in total. The summed E-state index contributed by atoms with van der Waals surface area (Å²) in [6.07, 6.45) is 3.99. The topological polar surface area (TPSA) is 33.3 Å². The molecule has 1 fully saturated rings. The average molecular weight is 234 g/mol. The number of para-hydroxylation sites is 2. The third-order valence-corrected chi connectivity index (χ3v) is 3.73. The minimum Gasteiger partial charge on any atom is -0.495 e. The van der Waals surface area contributed by atoms with Gasteiger partial charge in [0.15, 0.2) is 0 Å². The fraction of sp³-hybridized carbons (Fsp3) is 0.571. The SMILES string of the molecule is CNCC1(CNc2ccccc2OC)CCC1. The van der Waals surface area contributed by atoms with Crippen molar-refractivity contribution in [2.75, 3.05) is 32.6 Å². The molecule has 1 aliphatic rings. The number of methoxy groups -OCH3 is 1. The Morgan fingerprint density at radius 3 is 2.59 bits per heavy atom. The molecule has 0 bridgehead atoms. The summed E-state index contributed by atoms with van der Waals surface area (Å²) in [6.45, 7) is 2.11. The van der Waals surface area contributed by atoms with Gasteiger partial charge in [-0.1, -0.05) is 18.6 Å². The van der Waals surface area contributed by atoms with Crippen LogP contribution in [-0.2, 0) is 0 Å². The standard InChI is InChI=1S/C14H22N2O/c1-15-10-14(8-5-9-14)11-16-12-6-3-4-7-13(12)17-2/h3-4,6-7,15-16H,5,8-11H2,1-2H3. The molecule has 0 aliphatic heterocycles. The van der Waals surface area contributed by atoms with Crippen molar-refractivity contribution in [2.24, 2.45) is 5.41 Å². The summed E-state index contributed by atoms with van der Waals surface area (Å²) in [6, 6.07) is 8.10. The molecule has 0 aromatic heterocycles. The fourth-order valence-corrected chi connectivity index (χ4v) is 2.54. The minimum atomic E-state index is 0.440. The summed E-state index contributed by atoms with van der Waals surface area (Å²) in [5.74, 6) is 0.923. The lowest BCUT2D eigenvalue weighted by molar-refractivity contribution is 0.151. The number of hydrogen-bond acceptors (Lipinski definition) is 3. The largest absolute Gasteiger partial charge is 0.495 e. The molecule has 1 saturated carbocycles. The maximum Gasteiger partial charge on any atom is 0.141 e. The molecule has 0 radical (unpaired) electrons. The smallest absolute Gasteiger partial charge is 0.141 e. The lowest BCUT2D eigenvalue weighted by Gasteiger charge is -2.42. The summed E-state index contributed by atoms with van der Waals surface area (Å²) in [5, 5.41) is 6.83. The van der Waals surface area contributed by atoms with Crippen LogP contribution in [0.15, 0.2) is 24.3 Å². The second-order valence-corrected chi connectivity index (χ2v) is 4.94. The summed E-state index contributed by atoms with van der Waals surface area (Å²) in [5.41, 5.74) is 1.53. The van der Waals surface area contributed by atoms with Crippen molar-refractivity contribution < 1.29 is 4.74 Å². The van der Waals surface area contributed by atoms with E-state index in [0.717, 1.165) is 24.5 Å². The predicted molar refractivity (Wildman–Crippen MR) is 71.7 cm³/mol. The molecule has 1 aromatic carbocycles. The van der Waals surface area contributed by atoms with Crippen LogP contribution in [0.2, 0.25) is 0 Å². The van der Waals surface area contributed by atoms with Crippen molar-refractivity contribution in [3.05, 3.63) is 24.3 Å². The molecule has 2 N–H and O–H groups in total. The molecule has 0 spiro atoms. The van der Waals surface area contributed by atoms with Gasteiger partial charge in [-0.3, -0.25) is 0 Å². The number of rotatable bonds is 6. The molecule has 1 aliphatic carbocycles. The minimum absolute atomic E-state index is 0.440. The molecule has 2 rings (SSSR count). The Labute approximate surface area is 104 Å². The average Bonchev–Trinajstić information content (AvgIpc) is 2.33. The van der Waals surface area contributed by atoms with Crippen molar-refractivity contribution in [3.63, 3.8) is 0 Å². The van der Waals surface area contributed by atoms with E-state index in [2.05, 4.69) is 16.7 Å². The van der Waals surface area contributed by atoms with E-state index in [1.54, 1.807) is 7.11 Å². The van der Waals surface area contributed by atoms with Gasteiger partial charge < -0.3 is 15.4 Å². The first kappa shape index (κ1) is 12.2. The highest BCUT2D eigenvalue weighted by Gasteiger charge is 2.36. The van der Waals surface area contributed by atoms with Crippen LogP contribution in [0.1, 0.15) is 19.3 Å². The third-order valence-electron chi connectivity index (χ3n) is 3.73. The van der Waals surface area contributed by atoms with E-state index in [4.69, 9.17) is 4.74 Å². The number of anilines is 1. The molecule has 17 heavy (non-hydrogen) atoms. The van der Waals surface area contributed by atoms with Gasteiger partial charge >= 0.3 is 0 Å². The van der Waals surface area contributed by atoms with E-state index in [0.29, 0.717) is 5.41 Å². The van der Waals surface area contributed by atoms with E-state index in [9.17, 15) is 0 Å². The van der Waals surface area contributed by atoms with Gasteiger partial charge in [0.25, 0.3) is 0 Å². The first-order valence-electron chi connectivity index (χ1n) is 6.31. The van der Waals surface area contributed by atoms with Crippen LogP contribution in [0, 0.1) is 5.41 Å². The Morgan fingerprint density at radius 1 is 1.24 bits per heavy atom. The second kappa shape index (κ2) is 5.41. The first-order valence-corrected chi connectivity index (χ1v) is 6.31. The lowest BCUT2D eigenvalue weighted by atomic mass is 9.68. The summed E-state index contributed by atoms with van der Waals surface area (Å²) >= 11 is 0. The summed E-state index contributed by atoms with van der Waals surface area (Å²) in [7, 11) is 3.75. The van der Waals surface area contributed by atoms with Gasteiger partial charge in [-0.05, 0) is 32.0 Å². The Kier molecular flexibility index (Phi) is 3.89. The number of hydrogen-bond donors (Lipinski definition) is 2. The van der Waals surface area contributed by atoms with E-state index in [1.165, 1.54) is 19.3 Å². The molecular weight excluding hydrogens is 212 g/mol. The molecule has 0 atom stereocenters. The maximum atomic E-state index is 5.34. The molecule has 94 valence electrons. The van der Waals surface area contributed by atoms with Gasteiger partial charge in [0.1, 0.15) is 5.75 Å². The fourth-order valence-electron chi connectivity index (χ4n) is 2.54. The van der Waals surface area contributed by atoms with Crippen molar-refractivity contribution in [1.29, 1.82) is 0 Å². The van der Waals surface area contributed by atoms with Crippen molar-refractivity contribution >= 4 is 5.69 Å². The number of nitrogens with one attached hydrogen (secondary N) is 2. The van der Waals surface area contributed by atoms with E-state index >= 15 is 0 Å². The van der Waals surface area contributed by atoms with Gasteiger partial charge in [0, 0.05) is 18.5 Å². The van der Waals surface area contributed by atoms with Crippen LogP contribution in [0.4, 0.5) is 5.69 Å². The van der Waals surface area contributed by atoms with Crippen LogP contribution in [0.3, 0.4) is 0 Å². The highest BCUT2D eigenvalue weighted by atomic mass is 16.5. The zero-order chi connectivity index (χ0) is 12.1. The number of ether oxygens (including phenoxy) is 1. The van der Waals surface area contributed by atoms with E-state index in [-0.39, 0.29) is 0 Å². The Hall–Kier alpha value is -1.22. The normalized spacial score (nSPS) is 17.3. The maximum absolute atomic E-state index is 5.34. The molecule has 1 aromatic rings. The van der Waals surface area contributed by atoms with Gasteiger partial charge in [0.2, 0.25) is 0 Å². The van der Waals surface area contributed by atoms with Gasteiger partial charge in [-0.2, -0.15) is 0 Å². The summed E-state index contributed by atoms with van der Waals surface area (Å²) in [4.78, 5) is 0. The van der Waals surface area contributed by atoms with Crippen molar-refractivity contribution in [1.82, 2.24) is 5.32 Å². The van der Waals surface area contributed by atoms with E-state index in [1.807, 2.05) is 25.2 Å². The van der Waals surface area contributed by atoms with Crippen LogP contribution in [0.25, 0.3) is 0 Å². The monoisotopic (exact) mass is 234 g/mol. The van der Waals surface area contributed by atoms with Crippen LogP contribution in [-0.4, -0.2) is 27.2 Å². The van der Waals surface area contributed by atoms with Gasteiger partial charge in [-0.15, -0.1) is 0 Å². The molecular formula is C14H22N2O. The second-order valence-electron chi connectivity index (χ2n) is 4.94. The zero-order valence-electron chi connectivity index (χ0n) is 10.8. The van der Waals surface area contributed by atoms with Crippen LogP contribution in [0.5, 0.6) is 5.75 Å². The molecule has 0 unspecified atom stereocenters. The quantitative estimate of drug-likeness (QED) is 0.793. The predicted octanol–water partition coefficient (Wildman–Crippen LogP) is 2.50. The molecule has 0 amide bonds. The highest BCUT2D eigenvalue weighted by Crippen LogP contribution is 2.40. The van der Waals surface area contributed by atoms with E-state index < -0.39 is 0 Å². The van der Waals surface area contributed by atoms with Gasteiger partial charge in [0.05, 0.1) is 12.8 Å². The first-order chi connectivity index (χ1) is 8.29. The van der Waals surface area contributed by atoms with Crippen molar-refractivity contribution in [3.8, 4) is 5.75 Å². The third kappa shape index (κ3) is 2.72. The van der Waals surface area contributed by atoms with Crippen LogP contribution >= 0.6 is 0 Å². The molecule has 3 heteroatoms.